The third-order valence-electron chi connectivity index (χ3n) is 6.45. The van der Waals surface area contributed by atoms with E-state index in [0.717, 1.165) is 25.0 Å². The lowest BCUT2D eigenvalue weighted by Gasteiger charge is -2.37. The summed E-state index contributed by atoms with van der Waals surface area (Å²) in [6, 6.07) is 11.0. The first-order valence-electron chi connectivity index (χ1n) is 11.9. The summed E-state index contributed by atoms with van der Waals surface area (Å²) in [5.41, 5.74) is 1.39. The average molecular weight is 486 g/mol. The maximum Gasteiger partial charge on any atom is 0.258 e. The fourth-order valence-electron chi connectivity index (χ4n) is 4.34. The zero-order valence-corrected chi connectivity index (χ0v) is 21.0. The first-order chi connectivity index (χ1) is 16.9. The Kier molecular flexibility index (Phi) is 8.03. The molecule has 0 aliphatic carbocycles. The van der Waals surface area contributed by atoms with Crippen molar-refractivity contribution >= 4 is 5.91 Å². The zero-order valence-electron chi connectivity index (χ0n) is 21.0. The minimum atomic E-state index is -0.145. The maximum atomic E-state index is 13.8. The zero-order chi connectivity index (χ0) is 24.8. The van der Waals surface area contributed by atoms with Crippen LogP contribution in [0, 0.1) is 5.41 Å². The predicted octanol–water partition coefficient (Wildman–Crippen LogP) is 3.95. The lowest BCUT2D eigenvalue weighted by atomic mass is 9.90. The molecule has 4 rings (SSSR count). The van der Waals surface area contributed by atoms with Crippen LogP contribution in [-0.2, 0) is 16.0 Å². The van der Waals surface area contributed by atoms with Gasteiger partial charge in [0.15, 0.2) is 11.5 Å². The van der Waals surface area contributed by atoms with Gasteiger partial charge in [0, 0.05) is 25.1 Å². The van der Waals surface area contributed by atoms with Gasteiger partial charge in [-0.25, -0.2) is 0 Å². The third-order valence-corrected chi connectivity index (χ3v) is 6.45. The fourth-order valence-corrected chi connectivity index (χ4v) is 4.34. The van der Waals surface area contributed by atoms with Crippen LogP contribution in [0.1, 0.15) is 35.7 Å². The molecule has 0 unspecified atom stereocenters. The lowest BCUT2D eigenvalue weighted by molar-refractivity contribution is -0.120. The van der Waals surface area contributed by atoms with E-state index >= 15 is 0 Å². The second kappa shape index (κ2) is 11.2. The van der Waals surface area contributed by atoms with Crippen LogP contribution in [0.3, 0.4) is 0 Å². The van der Waals surface area contributed by atoms with Gasteiger partial charge in [-0.3, -0.25) is 4.79 Å². The number of nitrogens with zero attached hydrogens (tertiary/aromatic N) is 1. The summed E-state index contributed by atoms with van der Waals surface area (Å²) < 4.78 is 33.7. The number of rotatable bonds is 11. The van der Waals surface area contributed by atoms with E-state index in [0.29, 0.717) is 61.5 Å². The largest absolute Gasteiger partial charge is 0.497 e. The third kappa shape index (κ3) is 6.00. The highest BCUT2D eigenvalue weighted by molar-refractivity contribution is 5.97. The van der Waals surface area contributed by atoms with Crippen LogP contribution in [0.2, 0.25) is 0 Å². The van der Waals surface area contributed by atoms with Crippen molar-refractivity contribution in [2.75, 3.05) is 54.3 Å². The molecule has 2 aromatic carbocycles. The number of carbonyl (C=O) groups excluding carboxylic acids is 1. The highest BCUT2D eigenvalue weighted by atomic mass is 16.5. The molecule has 1 atom stereocenters. The molecule has 2 saturated heterocycles. The van der Waals surface area contributed by atoms with Crippen molar-refractivity contribution in [1.29, 1.82) is 0 Å². The van der Waals surface area contributed by atoms with Crippen molar-refractivity contribution in [2.45, 2.75) is 32.4 Å². The van der Waals surface area contributed by atoms with E-state index in [1.807, 2.05) is 18.2 Å². The fraction of sp³-hybridized carbons (Fsp3) is 0.519. The molecule has 8 nitrogen and oxygen atoms in total. The van der Waals surface area contributed by atoms with Crippen LogP contribution in [0.5, 0.6) is 23.0 Å². The summed E-state index contributed by atoms with van der Waals surface area (Å²) >= 11 is 0. The molecule has 0 bridgehead atoms. The molecule has 2 fully saturated rings. The summed E-state index contributed by atoms with van der Waals surface area (Å²) in [6.07, 6.45) is 1.93. The van der Waals surface area contributed by atoms with Crippen LogP contribution in [0.4, 0.5) is 0 Å². The molecule has 0 spiro atoms. The van der Waals surface area contributed by atoms with Crippen LogP contribution < -0.4 is 18.9 Å². The normalized spacial score (nSPS) is 18.5. The summed E-state index contributed by atoms with van der Waals surface area (Å²) in [5.74, 6) is 2.27. The topological polar surface area (TPSA) is 75.7 Å². The Bertz CT molecular complexity index is 1010. The van der Waals surface area contributed by atoms with Crippen molar-refractivity contribution < 1.29 is 33.2 Å². The van der Waals surface area contributed by atoms with Gasteiger partial charge in [-0.05, 0) is 48.7 Å². The van der Waals surface area contributed by atoms with Gasteiger partial charge in [0.2, 0.25) is 0 Å². The lowest BCUT2D eigenvalue weighted by Crippen LogP contribution is -2.44. The Morgan fingerprint density at radius 3 is 2.43 bits per heavy atom. The van der Waals surface area contributed by atoms with Crippen LogP contribution >= 0.6 is 0 Å². The van der Waals surface area contributed by atoms with Gasteiger partial charge in [0.05, 0.1) is 52.8 Å². The number of ether oxygens (including phenoxy) is 6. The van der Waals surface area contributed by atoms with Crippen molar-refractivity contribution in [3.63, 3.8) is 0 Å². The Morgan fingerprint density at radius 2 is 1.80 bits per heavy atom. The number of hydrogen-bond donors (Lipinski definition) is 0. The van der Waals surface area contributed by atoms with Gasteiger partial charge < -0.3 is 33.3 Å². The molecule has 2 aromatic rings. The van der Waals surface area contributed by atoms with Crippen molar-refractivity contribution in [3.05, 3.63) is 47.5 Å². The highest BCUT2D eigenvalue weighted by Crippen LogP contribution is 2.33. The minimum Gasteiger partial charge on any atom is -0.497 e. The first kappa shape index (κ1) is 25.1. The highest BCUT2D eigenvalue weighted by Gasteiger charge is 2.34. The van der Waals surface area contributed by atoms with E-state index in [2.05, 4.69) is 6.92 Å². The van der Waals surface area contributed by atoms with Crippen molar-refractivity contribution in [2.24, 2.45) is 5.41 Å². The molecule has 190 valence electrons. The molecule has 0 aromatic heterocycles. The molecule has 0 radical (unpaired) electrons. The monoisotopic (exact) mass is 485 g/mol. The Balaban J connectivity index is 1.58. The average Bonchev–Trinajstić information content (AvgIpc) is 3.38. The molecular weight excluding hydrogens is 450 g/mol. The first-order valence-corrected chi connectivity index (χ1v) is 11.9. The van der Waals surface area contributed by atoms with Crippen LogP contribution in [-0.4, -0.2) is 71.2 Å². The van der Waals surface area contributed by atoms with E-state index < -0.39 is 0 Å². The Morgan fingerprint density at radius 1 is 1.03 bits per heavy atom. The van der Waals surface area contributed by atoms with E-state index in [4.69, 9.17) is 28.4 Å². The summed E-state index contributed by atoms with van der Waals surface area (Å²) in [4.78, 5) is 15.6. The van der Waals surface area contributed by atoms with Crippen LogP contribution in [0.15, 0.2) is 36.4 Å². The SMILES string of the molecule is COc1ccc(OC)c(C(=O)N(Cc2ccc(OC)c(OCC3(C)COC3)c2)C[C@H]2CCCO2)c1. The smallest absolute Gasteiger partial charge is 0.258 e. The van der Waals surface area contributed by atoms with Gasteiger partial charge >= 0.3 is 0 Å². The molecule has 2 aliphatic heterocycles. The molecule has 0 N–H and O–H groups in total. The van der Waals surface area contributed by atoms with Gasteiger partial charge in [-0.2, -0.15) is 0 Å². The number of hydrogen-bond acceptors (Lipinski definition) is 7. The summed E-state index contributed by atoms with van der Waals surface area (Å²) in [5, 5.41) is 0. The molecule has 0 saturated carbocycles. The summed E-state index contributed by atoms with van der Waals surface area (Å²) in [6.45, 7) is 5.62. The molecular formula is C27H35NO7. The number of carbonyl (C=O) groups is 1. The van der Waals surface area contributed by atoms with Crippen molar-refractivity contribution in [3.8, 4) is 23.0 Å². The Labute approximate surface area is 207 Å². The maximum absolute atomic E-state index is 13.8. The number of amides is 1. The van der Waals surface area contributed by atoms with E-state index in [9.17, 15) is 4.79 Å². The summed E-state index contributed by atoms with van der Waals surface area (Å²) in [7, 11) is 4.76. The predicted molar refractivity (Wildman–Crippen MR) is 131 cm³/mol. The van der Waals surface area contributed by atoms with E-state index in [-0.39, 0.29) is 17.4 Å². The molecule has 8 heteroatoms. The van der Waals surface area contributed by atoms with Gasteiger partial charge in [-0.15, -0.1) is 0 Å². The van der Waals surface area contributed by atoms with E-state index in [1.54, 1.807) is 44.4 Å². The standard InChI is InChI=1S/C27H35NO7/c1-27(16-33-17-27)18-35-25-12-19(7-9-24(25)32-4)14-28(15-21-6-5-11-34-21)26(29)22-13-20(30-2)8-10-23(22)31-3/h7-10,12-13,21H,5-6,11,14-18H2,1-4H3/t21-/m1/s1. The molecule has 2 aliphatic rings. The van der Waals surface area contributed by atoms with Gasteiger partial charge in [0.1, 0.15) is 11.5 Å². The molecule has 35 heavy (non-hydrogen) atoms. The number of benzene rings is 2. The second-order valence-electron chi connectivity index (χ2n) is 9.46. The Hall–Kier alpha value is -2.97. The molecule has 2 heterocycles. The quantitative estimate of drug-likeness (QED) is 0.477. The van der Waals surface area contributed by atoms with Gasteiger partial charge in [-0.1, -0.05) is 13.0 Å². The van der Waals surface area contributed by atoms with Crippen LogP contribution in [0.25, 0.3) is 0 Å². The second-order valence-corrected chi connectivity index (χ2v) is 9.46. The van der Waals surface area contributed by atoms with Crippen molar-refractivity contribution in [1.82, 2.24) is 4.90 Å². The minimum absolute atomic E-state index is 0.00286. The number of methoxy groups -OCH3 is 3. The molecule has 1 amide bonds. The van der Waals surface area contributed by atoms with Gasteiger partial charge in [0.25, 0.3) is 5.91 Å². The van der Waals surface area contributed by atoms with E-state index in [1.165, 1.54) is 0 Å².